The molecule has 0 amide bonds. The second-order valence-corrected chi connectivity index (χ2v) is 3.11. The van der Waals surface area contributed by atoms with Gasteiger partial charge in [-0.25, -0.2) is 9.97 Å². The van der Waals surface area contributed by atoms with Crippen LogP contribution in [-0.2, 0) is 6.54 Å². The first kappa shape index (κ1) is 11.4. The Labute approximate surface area is 88.2 Å². The number of hydrogen-bond donors (Lipinski definition) is 3. The molecule has 6 heteroatoms. The second-order valence-electron chi connectivity index (χ2n) is 3.11. The van der Waals surface area contributed by atoms with E-state index in [0.29, 0.717) is 19.5 Å². The third-order valence-corrected chi connectivity index (χ3v) is 1.83. The van der Waals surface area contributed by atoms with Crippen LogP contribution in [0.25, 0.3) is 0 Å². The molecule has 0 saturated heterocycles. The minimum absolute atomic E-state index is 0.223. The maximum Gasteiger partial charge on any atom is 0.140 e. The smallest absolute Gasteiger partial charge is 0.140 e. The summed E-state index contributed by atoms with van der Waals surface area (Å²) in [6.45, 7) is 3.15. The molecule has 1 aromatic heterocycles. The molecule has 4 N–H and O–H groups in total. The van der Waals surface area contributed by atoms with Gasteiger partial charge in [0.15, 0.2) is 0 Å². The highest BCUT2D eigenvalue weighted by atomic mass is 16.4. The summed E-state index contributed by atoms with van der Waals surface area (Å²) in [4.78, 5) is 8.22. The zero-order valence-corrected chi connectivity index (χ0v) is 8.64. The van der Waals surface area contributed by atoms with Gasteiger partial charge in [0, 0.05) is 25.7 Å². The van der Waals surface area contributed by atoms with Gasteiger partial charge >= 0.3 is 0 Å². The van der Waals surface area contributed by atoms with Gasteiger partial charge in [-0.3, -0.25) is 0 Å². The Hall–Kier alpha value is -1.69. The molecule has 0 bridgehead atoms. The van der Waals surface area contributed by atoms with Gasteiger partial charge in [0.2, 0.25) is 0 Å². The molecule has 82 valence electrons. The fourth-order valence-electron chi connectivity index (χ4n) is 1.09. The lowest BCUT2D eigenvalue weighted by Crippen LogP contribution is -2.22. The summed E-state index contributed by atoms with van der Waals surface area (Å²) in [5, 5.41) is 14.3. The summed E-state index contributed by atoms with van der Waals surface area (Å²) >= 11 is 0. The van der Waals surface area contributed by atoms with Crippen LogP contribution in [0.2, 0.25) is 0 Å². The number of aromatic nitrogens is 2. The van der Waals surface area contributed by atoms with Crippen LogP contribution in [0, 0.1) is 6.92 Å². The summed E-state index contributed by atoms with van der Waals surface area (Å²) in [6, 6.07) is 1.85. The van der Waals surface area contributed by atoms with Crippen molar-refractivity contribution in [2.45, 2.75) is 19.9 Å². The Morgan fingerprint density at radius 2 is 2.47 bits per heavy atom. The second kappa shape index (κ2) is 5.92. The molecule has 1 aromatic rings. The first-order valence-electron chi connectivity index (χ1n) is 4.68. The fraction of sp³-hybridized carbons (Fsp3) is 0.444. The van der Waals surface area contributed by atoms with Crippen LogP contribution in [0.4, 0.5) is 0 Å². The summed E-state index contributed by atoms with van der Waals surface area (Å²) in [5.74, 6) is 0.979. The van der Waals surface area contributed by atoms with Crippen molar-refractivity contribution in [3.05, 3.63) is 23.8 Å². The molecule has 0 saturated carbocycles. The lowest BCUT2D eigenvalue weighted by molar-refractivity contribution is 0.316. The summed E-state index contributed by atoms with van der Waals surface area (Å²) in [6.07, 6.45) is 2.24. The molecule has 0 aliphatic rings. The van der Waals surface area contributed by atoms with Gasteiger partial charge in [-0.05, 0) is 13.0 Å². The molecule has 1 rings (SSSR count). The molecule has 0 aliphatic heterocycles. The first-order valence-corrected chi connectivity index (χ1v) is 4.68. The normalized spacial score (nSPS) is 11.7. The highest BCUT2D eigenvalue weighted by Gasteiger charge is 1.96. The van der Waals surface area contributed by atoms with Crippen molar-refractivity contribution in [3.8, 4) is 0 Å². The molecular weight excluding hydrogens is 194 g/mol. The third-order valence-electron chi connectivity index (χ3n) is 1.83. The zero-order chi connectivity index (χ0) is 11.1. The van der Waals surface area contributed by atoms with Gasteiger partial charge in [-0.2, -0.15) is 0 Å². The summed E-state index contributed by atoms with van der Waals surface area (Å²) in [7, 11) is 0. The summed E-state index contributed by atoms with van der Waals surface area (Å²) < 4.78 is 0. The Morgan fingerprint density at radius 3 is 3.13 bits per heavy atom. The Bertz CT molecular complexity index is 339. The molecule has 0 spiro atoms. The van der Waals surface area contributed by atoms with Crippen LogP contribution < -0.4 is 11.1 Å². The molecule has 0 radical (unpaired) electrons. The lowest BCUT2D eigenvalue weighted by atomic mass is 10.3. The number of oxime groups is 1. The van der Waals surface area contributed by atoms with Crippen molar-refractivity contribution in [1.29, 1.82) is 0 Å². The maximum atomic E-state index is 8.30. The van der Waals surface area contributed by atoms with E-state index in [-0.39, 0.29) is 5.84 Å². The van der Waals surface area contributed by atoms with E-state index in [9.17, 15) is 0 Å². The molecule has 1 heterocycles. The van der Waals surface area contributed by atoms with Crippen molar-refractivity contribution < 1.29 is 5.21 Å². The van der Waals surface area contributed by atoms with E-state index in [0.717, 1.165) is 11.5 Å². The van der Waals surface area contributed by atoms with Crippen LogP contribution in [0.15, 0.2) is 17.4 Å². The minimum Gasteiger partial charge on any atom is -0.409 e. The number of amidine groups is 1. The van der Waals surface area contributed by atoms with Crippen molar-refractivity contribution in [2.75, 3.05) is 6.54 Å². The van der Waals surface area contributed by atoms with Crippen LogP contribution in [0.3, 0.4) is 0 Å². The average Bonchev–Trinajstić information content (AvgIpc) is 2.24. The Morgan fingerprint density at radius 1 is 1.67 bits per heavy atom. The van der Waals surface area contributed by atoms with E-state index in [4.69, 9.17) is 10.9 Å². The van der Waals surface area contributed by atoms with Crippen LogP contribution in [0.5, 0.6) is 0 Å². The van der Waals surface area contributed by atoms with Crippen LogP contribution in [0.1, 0.15) is 17.9 Å². The van der Waals surface area contributed by atoms with E-state index < -0.39 is 0 Å². The molecule has 0 fully saturated rings. The van der Waals surface area contributed by atoms with Crippen LogP contribution >= 0.6 is 0 Å². The van der Waals surface area contributed by atoms with Gasteiger partial charge in [0.05, 0.1) is 5.69 Å². The topological polar surface area (TPSA) is 96.4 Å². The number of hydrogen-bond acceptors (Lipinski definition) is 5. The van der Waals surface area contributed by atoms with Crippen molar-refractivity contribution in [1.82, 2.24) is 15.3 Å². The van der Waals surface area contributed by atoms with E-state index in [1.165, 1.54) is 0 Å². The average molecular weight is 209 g/mol. The Balaban J connectivity index is 2.26. The molecule has 15 heavy (non-hydrogen) atoms. The van der Waals surface area contributed by atoms with Gasteiger partial charge in [0.1, 0.15) is 11.7 Å². The standard InChI is InChI=1S/C9H15N5O/c1-7-12-5-2-8(13-7)6-11-4-3-9(10)14-15/h2,5,11,15H,3-4,6H2,1H3,(H2,10,14). The highest BCUT2D eigenvalue weighted by molar-refractivity contribution is 5.79. The first-order chi connectivity index (χ1) is 7.22. The van der Waals surface area contributed by atoms with Gasteiger partial charge < -0.3 is 16.3 Å². The van der Waals surface area contributed by atoms with Gasteiger partial charge in [-0.15, -0.1) is 0 Å². The molecule has 0 unspecified atom stereocenters. The van der Waals surface area contributed by atoms with Crippen molar-refractivity contribution in [3.63, 3.8) is 0 Å². The number of nitrogens with two attached hydrogens (primary N) is 1. The van der Waals surface area contributed by atoms with Crippen molar-refractivity contribution >= 4 is 5.84 Å². The SMILES string of the molecule is Cc1nccc(CNCCC(N)=NO)n1. The van der Waals surface area contributed by atoms with Gasteiger partial charge in [0.25, 0.3) is 0 Å². The minimum atomic E-state index is 0.223. The van der Waals surface area contributed by atoms with Gasteiger partial charge in [-0.1, -0.05) is 5.16 Å². The number of nitrogens with one attached hydrogen (secondary N) is 1. The zero-order valence-electron chi connectivity index (χ0n) is 8.64. The van der Waals surface area contributed by atoms with E-state index >= 15 is 0 Å². The summed E-state index contributed by atoms with van der Waals surface area (Å²) in [5.41, 5.74) is 6.24. The van der Waals surface area contributed by atoms with Crippen LogP contribution in [-0.4, -0.2) is 27.6 Å². The van der Waals surface area contributed by atoms with Crippen molar-refractivity contribution in [2.24, 2.45) is 10.9 Å². The number of nitrogens with zero attached hydrogens (tertiary/aromatic N) is 3. The molecule has 0 aromatic carbocycles. The van der Waals surface area contributed by atoms with E-state index in [1.807, 2.05) is 13.0 Å². The quantitative estimate of drug-likeness (QED) is 0.209. The third kappa shape index (κ3) is 4.37. The number of aryl methyl sites for hydroxylation is 1. The molecule has 0 atom stereocenters. The van der Waals surface area contributed by atoms with E-state index in [1.54, 1.807) is 6.20 Å². The number of rotatable bonds is 5. The molecular formula is C9H15N5O. The van der Waals surface area contributed by atoms with E-state index in [2.05, 4.69) is 20.4 Å². The predicted octanol–water partition coefficient (Wildman–Crippen LogP) is 0.0111. The monoisotopic (exact) mass is 209 g/mol. The molecule has 0 aliphatic carbocycles. The maximum absolute atomic E-state index is 8.30. The fourth-order valence-corrected chi connectivity index (χ4v) is 1.09. The largest absolute Gasteiger partial charge is 0.409 e. The molecule has 6 nitrogen and oxygen atoms in total. The predicted molar refractivity (Wildman–Crippen MR) is 56.5 cm³/mol. The Kier molecular flexibility index (Phi) is 4.49. The lowest BCUT2D eigenvalue weighted by Gasteiger charge is -2.03. The highest BCUT2D eigenvalue weighted by Crippen LogP contribution is 1.93.